The van der Waals surface area contributed by atoms with E-state index in [1.807, 2.05) is 0 Å². The molecule has 0 aliphatic carbocycles. The average molecular weight is 548 g/mol. The number of aromatic hydroxyl groups is 1. The quantitative estimate of drug-likeness (QED) is 0.216. The topological polar surface area (TPSA) is 163 Å². The SMILES string of the molecule is Cc1nn(-c2cc(Cl)cc(S(=O)(=O)O)c2)c(O)c1/N=N/c1cccc(S(=O)(=O)Nc2ccccc2)c1. The van der Waals surface area contributed by atoms with Crippen molar-refractivity contribution in [2.75, 3.05) is 4.72 Å². The fourth-order valence-electron chi connectivity index (χ4n) is 3.16. The van der Waals surface area contributed by atoms with Gasteiger partial charge in [0.05, 0.1) is 26.9 Å². The summed E-state index contributed by atoms with van der Waals surface area (Å²) in [5.41, 5.74) is 0.833. The molecule has 186 valence electrons. The summed E-state index contributed by atoms with van der Waals surface area (Å²) in [4.78, 5) is -0.529. The number of sulfonamides is 1. The van der Waals surface area contributed by atoms with E-state index in [2.05, 4.69) is 20.0 Å². The summed E-state index contributed by atoms with van der Waals surface area (Å²) in [6, 6.07) is 17.6. The van der Waals surface area contributed by atoms with Crippen LogP contribution < -0.4 is 4.72 Å². The van der Waals surface area contributed by atoms with Crippen molar-refractivity contribution < 1.29 is 26.5 Å². The number of aryl methyl sites for hydroxylation is 1. The first-order valence-electron chi connectivity index (χ1n) is 10.1. The predicted molar refractivity (Wildman–Crippen MR) is 133 cm³/mol. The normalized spacial score (nSPS) is 12.2. The maximum Gasteiger partial charge on any atom is 0.294 e. The van der Waals surface area contributed by atoms with Crippen molar-refractivity contribution in [1.29, 1.82) is 0 Å². The van der Waals surface area contributed by atoms with Crippen LogP contribution in [0.5, 0.6) is 5.88 Å². The molecule has 0 amide bonds. The molecule has 36 heavy (non-hydrogen) atoms. The highest BCUT2D eigenvalue weighted by Gasteiger charge is 2.19. The Labute approximate surface area is 211 Å². The maximum absolute atomic E-state index is 12.7. The number of benzene rings is 3. The van der Waals surface area contributed by atoms with E-state index in [4.69, 9.17) is 11.6 Å². The largest absolute Gasteiger partial charge is 0.492 e. The van der Waals surface area contributed by atoms with Crippen LogP contribution in [0, 0.1) is 6.92 Å². The van der Waals surface area contributed by atoms with Gasteiger partial charge in [0, 0.05) is 10.7 Å². The van der Waals surface area contributed by atoms with Crippen LogP contribution in [0.4, 0.5) is 17.1 Å². The summed E-state index contributed by atoms with van der Waals surface area (Å²) in [7, 11) is -8.44. The third-order valence-corrected chi connectivity index (χ3v) is 7.25. The molecule has 1 aromatic heterocycles. The summed E-state index contributed by atoms with van der Waals surface area (Å²) < 4.78 is 61.2. The summed E-state index contributed by atoms with van der Waals surface area (Å²) in [5, 5.41) is 22.8. The van der Waals surface area contributed by atoms with Gasteiger partial charge in [0.2, 0.25) is 5.88 Å². The second-order valence-electron chi connectivity index (χ2n) is 7.46. The first kappa shape index (κ1) is 25.3. The molecule has 11 nitrogen and oxygen atoms in total. The minimum Gasteiger partial charge on any atom is -0.492 e. The molecule has 3 aromatic carbocycles. The lowest BCUT2D eigenvalue weighted by molar-refractivity contribution is 0.434. The Hall–Kier alpha value is -3.78. The number of aromatic nitrogens is 2. The molecule has 0 bridgehead atoms. The third-order valence-electron chi connectivity index (χ3n) is 4.82. The molecule has 0 saturated heterocycles. The van der Waals surface area contributed by atoms with Gasteiger partial charge in [0.1, 0.15) is 0 Å². The summed E-state index contributed by atoms with van der Waals surface area (Å²) in [5.74, 6) is -0.477. The van der Waals surface area contributed by atoms with Gasteiger partial charge in [-0.15, -0.1) is 5.11 Å². The molecule has 0 aliphatic rings. The van der Waals surface area contributed by atoms with Crippen LogP contribution in [0.2, 0.25) is 5.02 Å². The first-order valence-corrected chi connectivity index (χ1v) is 13.4. The number of para-hydroxylation sites is 1. The molecular weight excluding hydrogens is 530 g/mol. The lowest BCUT2D eigenvalue weighted by Gasteiger charge is -2.08. The van der Waals surface area contributed by atoms with Gasteiger partial charge in [-0.05, 0) is 55.5 Å². The Kier molecular flexibility index (Phi) is 6.82. The van der Waals surface area contributed by atoms with E-state index in [1.165, 1.54) is 37.3 Å². The Morgan fingerprint density at radius 3 is 2.33 bits per heavy atom. The summed E-state index contributed by atoms with van der Waals surface area (Å²) in [6.45, 7) is 1.53. The first-order chi connectivity index (χ1) is 16.9. The Morgan fingerprint density at radius 1 is 0.917 bits per heavy atom. The van der Waals surface area contributed by atoms with Gasteiger partial charge in [-0.3, -0.25) is 9.27 Å². The van der Waals surface area contributed by atoms with E-state index in [0.29, 0.717) is 5.69 Å². The van der Waals surface area contributed by atoms with E-state index in [0.717, 1.165) is 16.8 Å². The van der Waals surface area contributed by atoms with Crippen molar-refractivity contribution in [2.45, 2.75) is 16.7 Å². The van der Waals surface area contributed by atoms with Gasteiger partial charge in [0.15, 0.2) is 5.69 Å². The minimum atomic E-state index is -4.56. The number of rotatable bonds is 7. The molecule has 4 rings (SSSR count). The van der Waals surface area contributed by atoms with Crippen LogP contribution in [0.1, 0.15) is 5.69 Å². The summed E-state index contributed by atoms with van der Waals surface area (Å²) >= 11 is 5.95. The van der Waals surface area contributed by atoms with Crippen LogP contribution in [0.3, 0.4) is 0 Å². The molecule has 0 spiro atoms. The number of hydrogen-bond donors (Lipinski definition) is 3. The van der Waals surface area contributed by atoms with Crippen molar-refractivity contribution in [3.05, 3.63) is 83.5 Å². The van der Waals surface area contributed by atoms with Gasteiger partial charge in [-0.1, -0.05) is 35.9 Å². The van der Waals surface area contributed by atoms with Crippen LogP contribution in [-0.2, 0) is 20.1 Å². The van der Waals surface area contributed by atoms with Gasteiger partial charge in [0.25, 0.3) is 20.1 Å². The molecule has 4 aromatic rings. The molecule has 14 heteroatoms. The number of anilines is 1. The summed E-state index contributed by atoms with van der Waals surface area (Å²) in [6.07, 6.45) is 0. The van der Waals surface area contributed by atoms with Gasteiger partial charge in [-0.25, -0.2) is 8.42 Å². The van der Waals surface area contributed by atoms with Crippen LogP contribution >= 0.6 is 11.6 Å². The number of halogens is 1. The fraction of sp³-hybridized carbons (Fsp3) is 0.0455. The monoisotopic (exact) mass is 547 g/mol. The predicted octanol–water partition coefficient (Wildman–Crippen LogP) is 5.00. The zero-order chi connectivity index (χ0) is 26.1. The van der Waals surface area contributed by atoms with Crippen molar-refractivity contribution in [1.82, 2.24) is 9.78 Å². The van der Waals surface area contributed by atoms with Crippen LogP contribution in [-0.4, -0.2) is 36.3 Å². The van der Waals surface area contributed by atoms with E-state index in [-0.39, 0.29) is 32.7 Å². The maximum atomic E-state index is 12.7. The molecule has 0 unspecified atom stereocenters. The highest BCUT2D eigenvalue weighted by atomic mass is 35.5. The Balaban J connectivity index is 1.65. The zero-order valence-electron chi connectivity index (χ0n) is 18.4. The van der Waals surface area contributed by atoms with Gasteiger partial charge in [-0.2, -0.15) is 23.3 Å². The van der Waals surface area contributed by atoms with Crippen molar-refractivity contribution >= 4 is 48.8 Å². The van der Waals surface area contributed by atoms with Crippen molar-refractivity contribution in [2.24, 2.45) is 10.2 Å². The smallest absolute Gasteiger partial charge is 0.294 e. The molecule has 0 saturated carbocycles. The van der Waals surface area contributed by atoms with Gasteiger partial charge >= 0.3 is 0 Å². The fourth-order valence-corrected chi connectivity index (χ4v) is 5.10. The Bertz CT molecular complexity index is 1690. The van der Waals surface area contributed by atoms with E-state index >= 15 is 0 Å². The van der Waals surface area contributed by atoms with E-state index in [1.54, 1.807) is 30.3 Å². The zero-order valence-corrected chi connectivity index (χ0v) is 20.8. The molecule has 1 heterocycles. The average Bonchev–Trinajstić information content (AvgIpc) is 3.10. The van der Waals surface area contributed by atoms with Crippen LogP contribution in [0.25, 0.3) is 5.69 Å². The minimum absolute atomic E-state index is 0.0157. The lowest BCUT2D eigenvalue weighted by Crippen LogP contribution is -2.12. The molecule has 0 aliphatic heterocycles. The molecule has 0 atom stereocenters. The van der Waals surface area contributed by atoms with Gasteiger partial charge < -0.3 is 5.11 Å². The number of azo groups is 1. The Morgan fingerprint density at radius 2 is 1.64 bits per heavy atom. The molecule has 0 radical (unpaired) electrons. The number of nitrogens with one attached hydrogen (secondary N) is 1. The number of hydrogen-bond acceptors (Lipinski definition) is 8. The second-order valence-corrected chi connectivity index (χ2v) is 11.0. The number of nitrogens with zero attached hydrogens (tertiary/aromatic N) is 4. The molecular formula is C22H18ClN5O6S2. The van der Waals surface area contributed by atoms with Crippen molar-refractivity contribution in [3.8, 4) is 11.6 Å². The van der Waals surface area contributed by atoms with Crippen LogP contribution in [0.15, 0.2) is 92.8 Å². The van der Waals surface area contributed by atoms with E-state index < -0.39 is 30.9 Å². The second kappa shape index (κ2) is 9.70. The molecule has 0 fully saturated rings. The van der Waals surface area contributed by atoms with E-state index in [9.17, 15) is 26.5 Å². The van der Waals surface area contributed by atoms with Crippen molar-refractivity contribution in [3.63, 3.8) is 0 Å². The third kappa shape index (κ3) is 5.54. The highest BCUT2D eigenvalue weighted by molar-refractivity contribution is 7.92. The standard InChI is InChI=1S/C22H18ClN5O6S2/c1-14-21(22(29)28(26-14)18-10-15(23)11-20(13-18)36(32,33)34)25-24-17-8-5-9-19(12-17)35(30,31)27-16-6-3-2-4-7-16/h2-13,27,29H,1H3,(H,32,33,34)/b25-24+. The lowest BCUT2D eigenvalue weighted by atomic mass is 10.3. The highest BCUT2D eigenvalue weighted by Crippen LogP contribution is 2.35. The molecule has 3 N–H and O–H groups in total.